The van der Waals surface area contributed by atoms with Crippen LogP contribution in [0.3, 0.4) is 0 Å². The molecule has 0 aromatic heterocycles. The number of amidine groups is 1. The van der Waals surface area contributed by atoms with Crippen LogP contribution < -0.4 is 5.73 Å². The number of halogens is 1. The van der Waals surface area contributed by atoms with E-state index in [0.29, 0.717) is 5.02 Å². The highest BCUT2D eigenvalue weighted by atomic mass is 35.5. The van der Waals surface area contributed by atoms with Crippen LogP contribution in [0, 0.1) is 0 Å². The van der Waals surface area contributed by atoms with Crippen molar-refractivity contribution in [2.24, 2.45) is 10.1 Å². The van der Waals surface area contributed by atoms with Crippen molar-refractivity contribution in [2.45, 2.75) is 6.92 Å². The molecule has 0 spiro atoms. The van der Waals surface area contributed by atoms with Crippen molar-refractivity contribution in [1.82, 2.24) is 0 Å². The van der Waals surface area contributed by atoms with Gasteiger partial charge in [0.15, 0.2) is 0 Å². The van der Waals surface area contributed by atoms with Crippen molar-refractivity contribution in [3.8, 4) is 0 Å². The molecule has 0 amide bonds. The second kappa shape index (κ2) is 5.14. The van der Waals surface area contributed by atoms with Gasteiger partial charge in [0.2, 0.25) is 0 Å². The van der Waals surface area contributed by atoms with E-state index in [-0.39, 0.29) is 5.84 Å². The Labute approximate surface area is 99.5 Å². The van der Waals surface area contributed by atoms with E-state index < -0.39 is 10.0 Å². The molecule has 0 saturated carbocycles. The second-order valence-electron chi connectivity index (χ2n) is 3.10. The topological polar surface area (TPSA) is 72.5 Å². The van der Waals surface area contributed by atoms with Gasteiger partial charge in [-0.15, -0.1) is 4.40 Å². The number of benzene rings is 1. The number of nitrogens with zero attached hydrogens (tertiary/aromatic N) is 1. The van der Waals surface area contributed by atoms with Gasteiger partial charge in [-0.2, -0.15) is 8.42 Å². The molecule has 1 aromatic carbocycles. The standard InChI is InChI=1S/C10H11ClN2O2S/c1-8(12)13-16(14,15)7-6-9-2-4-10(11)5-3-9/h2-7H,1H3,(H2,12,13)/b7-6+. The first-order chi connectivity index (χ1) is 7.39. The minimum Gasteiger partial charge on any atom is -0.387 e. The molecule has 1 rings (SSSR count). The average molecular weight is 259 g/mol. The molecule has 0 heterocycles. The summed E-state index contributed by atoms with van der Waals surface area (Å²) in [4.78, 5) is 0. The predicted molar refractivity (Wildman–Crippen MR) is 66.7 cm³/mol. The van der Waals surface area contributed by atoms with Crippen molar-refractivity contribution >= 4 is 33.5 Å². The van der Waals surface area contributed by atoms with Crippen LogP contribution in [0.1, 0.15) is 12.5 Å². The molecular weight excluding hydrogens is 248 g/mol. The van der Waals surface area contributed by atoms with E-state index in [1.807, 2.05) is 0 Å². The quantitative estimate of drug-likeness (QED) is 0.666. The molecule has 0 aliphatic rings. The van der Waals surface area contributed by atoms with Crippen molar-refractivity contribution in [2.75, 3.05) is 0 Å². The number of hydrogen-bond donors (Lipinski definition) is 1. The Morgan fingerprint density at radius 1 is 1.38 bits per heavy atom. The predicted octanol–water partition coefficient (Wildman–Crippen LogP) is 2.02. The summed E-state index contributed by atoms with van der Waals surface area (Å²) in [5, 5.41) is 1.59. The lowest BCUT2D eigenvalue weighted by molar-refractivity contribution is 0.606. The molecule has 0 radical (unpaired) electrons. The second-order valence-corrected chi connectivity index (χ2v) is 5.02. The Morgan fingerprint density at radius 3 is 2.44 bits per heavy atom. The Bertz CT molecular complexity index is 514. The van der Waals surface area contributed by atoms with Gasteiger partial charge in [0.25, 0.3) is 10.0 Å². The lowest BCUT2D eigenvalue weighted by Crippen LogP contribution is -2.08. The van der Waals surface area contributed by atoms with Crippen LogP contribution in [0.15, 0.2) is 34.1 Å². The molecule has 0 aliphatic heterocycles. The fraction of sp³-hybridized carbons (Fsp3) is 0.100. The highest BCUT2D eigenvalue weighted by molar-refractivity contribution is 7.93. The largest absolute Gasteiger partial charge is 0.387 e. The zero-order valence-corrected chi connectivity index (χ0v) is 10.2. The number of rotatable bonds is 3. The highest BCUT2D eigenvalue weighted by Gasteiger charge is 2.01. The molecule has 16 heavy (non-hydrogen) atoms. The summed E-state index contributed by atoms with van der Waals surface area (Å²) in [6.45, 7) is 1.41. The van der Waals surface area contributed by atoms with Crippen molar-refractivity contribution in [3.63, 3.8) is 0 Å². The van der Waals surface area contributed by atoms with Crippen LogP contribution in [0.5, 0.6) is 0 Å². The van der Waals surface area contributed by atoms with Gasteiger partial charge in [-0.3, -0.25) is 0 Å². The van der Waals surface area contributed by atoms with E-state index in [0.717, 1.165) is 11.0 Å². The van der Waals surface area contributed by atoms with Gasteiger partial charge in [0.05, 0.1) is 5.41 Å². The third kappa shape index (κ3) is 4.46. The molecule has 0 unspecified atom stereocenters. The van der Waals surface area contributed by atoms with Crippen LogP contribution in [0.25, 0.3) is 6.08 Å². The summed E-state index contributed by atoms with van der Waals surface area (Å²) in [5.74, 6) is 0.000700. The van der Waals surface area contributed by atoms with Gasteiger partial charge in [-0.05, 0) is 30.7 Å². The van der Waals surface area contributed by atoms with Gasteiger partial charge < -0.3 is 5.73 Å². The fourth-order valence-electron chi connectivity index (χ4n) is 0.970. The molecule has 0 aliphatic carbocycles. The Hall–Kier alpha value is -1.33. The van der Waals surface area contributed by atoms with Crippen molar-refractivity contribution < 1.29 is 8.42 Å². The normalized spacial score (nSPS) is 13.2. The fourth-order valence-corrected chi connectivity index (χ4v) is 1.89. The van der Waals surface area contributed by atoms with Crippen molar-refractivity contribution in [1.29, 1.82) is 0 Å². The summed E-state index contributed by atoms with van der Waals surface area (Å²) in [7, 11) is -3.64. The third-order valence-electron chi connectivity index (χ3n) is 1.57. The zero-order chi connectivity index (χ0) is 12.2. The SMILES string of the molecule is CC(N)=NS(=O)(=O)/C=C/c1ccc(Cl)cc1. The number of sulfonamides is 1. The molecule has 6 heteroatoms. The summed E-state index contributed by atoms with van der Waals surface area (Å²) in [6, 6.07) is 6.75. The van der Waals surface area contributed by atoms with E-state index in [2.05, 4.69) is 4.40 Å². The van der Waals surface area contributed by atoms with Gasteiger partial charge in [-0.25, -0.2) is 0 Å². The third-order valence-corrected chi connectivity index (χ3v) is 2.85. The summed E-state index contributed by atoms with van der Waals surface area (Å²) in [5.41, 5.74) is 5.91. The maximum Gasteiger partial charge on any atom is 0.277 e. The molecule has 0 bridgehead atoms. The number of hydrogen-bond acceptors (Lipinski definition) is 2. The average Bonchev–Trinajstić information content (AvgIpc) is 2.15. The van der Waals surface area contributed by atoms with Crippen LogP contribution >= 0.6 is 11.6 Å². The van der Waals surface area contributed by atoms with Crippen LogP contribution in [0.2, 0.25) is 5.02 Å². The molecule has 4 nitrogen and oxygen atoms in total. The Balaban J connectivity index is 2.90. The van der Waals surface area contributed by atoms with E-state index in [1.54, 1.807) is 24.3 Å². The molecular formula is C10H11ClN2O2S. The first-order valence-corrected chi connectivity index (χ1v) is 6.28. The number of nitrogens with two attached hydrogens (primary N) is 1. The van der Waals surface area contributed by atoms with E-state index >= 15 is 0 Å². The van der Waals surface area contributed by atoms with Gasteiger partial charge in [0, 0.05) is 5.02 Å². The van der Waals surface area contributed by atoms with Crippen LogP contribution in [-0.2, 0) is 10.0 Å². The summed E-state index contributed by atoms with van der Waals surface area (Å²) < 4.78 is 25.9. The van der Waals surface area contributed by atoms with Crippen LogP contribution in [-0.4, -0.2) is 14.3 Å². The lowest BCUT2D eigenvalue weighted by atomic mass is 10.2. The van der Waals surface area contributed by atoms with E-state index in [1.165, 1.54) is 13.0 Å². The monoisotopic (exact) mass is 258 g/mol. The van der Waals surface area contributed by atoms with E-state index in [9.17, 15) is 8.42 Å². The van der Waals surface area contributed by atoms with Gasteiger partial charge in [0.1, 0.15) is 5.84 Å². The Kier molecular flexibility index (Phi) is 4.09. The van der Waals surface area contributed by atoms with Crippen molar-refractivity contribution in [3.05, 3.63) is 40.3 Å². The zero-order valence-electron chi connectivity index (χ0n) is 8.59. The molecule has 0 saturated heterocycles. The summed E-state index contributed by atoms with van der Waals surface area (Å²) >= 11 is 5.69. The van der Waals surface area contributed by atoms with Crippen LogP contribution in [0.4, 0.5) is 0 Å². The summed E-state index contributed by atoms with van der Waals surface area (Å²) in [6.07, 6.45) is 1.43. The smallest absolute Gasteiger partial charge is 0.277 e. The molecule has 1 aromatic rings. The maximum absolute atomic E-state index is 11.3. The lowest BCUT2D eigenvalue weighted by Gasteiger charge is -1.94. The molecule has 0 fully saturated rings. The molecule has 2 N–H and O–H groups in total. The maximum atomic E-state index is 11.3. The van der Waals surface area contributed by atoms with Gasteiger partial charge in [-0.1, -0.05) is 23.7 Å². The molecule has 86 valence electrons. The molecule has 0 atom stereocenters. The minimum absolute atomic E-state index is 0.000700. The van der Waals surface area contributed by atoms with E-state index in [4.69, 9.17) is 17.3 Å². The first kappa shape index (κ1) is 12.7. The highest BCUT2D eigenvalue weighted by Crippen LogP contribution is 2.11. The first-order valence-electron chi connectivity index (χ1n) is 4.40. The Morgan fingerprint density at radius 2 is 1.94 bits per heavy atom. The van der Waals surface area contributed by atoms with Gasteiger partial charge >= 0.3 is 0 Å². The minimum atomic E-state index is -3.64.